The van der Waals surface area contributed by atoms with E-state index >= 15 is 0 Å². The summed E-state index contributed by atoms with van der Waals surface area (Å²) in [5, 5.41) is 21.7. The molecule has 3 aromatic rings. The smallest absolute Gasteiger partial charge is 0.326 e. The molecule has 0 fully saturated rings. The van der Waals surface area contributed by atoms with Crippen LogP contribution in [0.3, 0.4) is 0 Å². The molecular weight excluding hydrogens is 470 g/mol. The Balaban J connectivity index is 0.00000385. The Morgan fingerprint density at radius 1 is 1.15 bits per heavy atom. The molecule has 2 aromatic carbocycles. The lowest BCUT2D eigenvalue weighted by molar-refractivity contribution is -0.137. The lowest BCUT2D eigenvalue weighted by Crippen LogP contribution is -2.32. The second-order valence-corrected chi connectivity index (χ2v) is 8.17. The highest BCUT2D eigenvalue weighted by Gasteiger charge is 2.25. The Morgan fingerprint density at radius 2 is 1.82 bits per heavy atom. The zero-order valence-electron chi connectivity index (χ0n) is 17.3. The quantitative estimate of drug-likeness (QED) is 0.295. The van der Waals surface area contributed by atoms with E-state index < -0.39 is 23.0 Å². The van der Waals surface area contributed by atoms with Crippen LogP contribution in [0.5, 0.6) is 17.2 Å². The number of aromatic nitrogens is 1. The van der Waals surface area contributed by atoms with Gasteiger partial charge < -0.3 is 20.3 Å². The SMILES string of the molecule is C.CC(C)c1cc(Oc2c(Cl)c(F)nc(N[C@@H](Cc3ccccc3)C(=O)O)c2Cl)ccc1O. The first-order chi connectivity index (χ1) is 15.2. The molecular formula is C24H25Cl2FN2O4. The van der Waals surface area contributed by atoms with Crippen molar-refractivity contribution in [2.75, 3.05) is 5.32 Å². The summed E-state index contributed by atoms with van der Waals surface area (Å²) in [5.41, 5.74) is 1.39. The molecule has 0 saturated carbocycles. The number of carbonyl (C=O) groups is 1. The summed E-state index contributed by atoms with van der Waals surface area (Å²) in [6, 6.07) is 12.3. The Bertz CT molecular complexity index is 1130. The van der Waals surface area contributed by atoms with Gasteiger partial charge in [-0.3, -0.25) is 0 Å². The zero-order valence-corrected chi connectivity index (χ0v) is 18.8. The van der Waals surface area contributed by atoms with Crippen LogP contribution in [0.2, 0.25) is 10.0 Å². The van der Waals surface area contributed by atoms with Gasteiger partial charge in [0.05, 0.1) is 0 Å². The zero-order chi connectivity index (χ0) is 23.4. The lowest BCUT2D eigenvalue weighted by Gasteiger charge is -2.19. The molecule has 0 saturated heterocycles. The fourth-order valence-electron chi connectivity index (χ4n) is 3.07. The van der Waals surface area contributed by atoms with E-state index in [2.05, 4.69) is 10.3 Å². The standard InChI is InChI=1S/C23H21Cl2FN2O4.CH4/c1-12(2)15-11-14(8-9-17(15)29)32-20-18(24)21(26)28-22(19(20)25)27-16(23(30)31)10-13-6-4-3-5-7-13;/h3-9,11-12,16,29H,10H2,1-2H3,(H,27,28)(H,30,31);1H4/t16-;/m0./s1. The van der Waals surface area contributed by atoms with Crippen molar-refractivity contribution in [3.8, 4) is 17.2 Å². The molecule has 0 amide bonds. The van der Waals surface area contributed by atoms with Crippen molar-refractivity contribution < 1.29 is 24.1 Å². The summed E-state index contributed by atoms with van der Waals surface area (Å²) in [6.07, 6.45) is 0.115. The minimum atomic E-state index is -1.16. The van der Waals surface area contributed by atoms with Gasteiger partial charge in [0.15, 0.2) is 11.6 Å². The van der Waals surface area contributed by atoms with Gasteiger partial charge in [-0.25, -0.2) is 4.79 Å². The number of rotatable bonds is 8. The van der Waals surface area contributed by atoms with Crippen LogP contribution in [0.15, 0.2) is 48.5 Å². The fraction of sp³-hybridized carbons (Fsp3) is 0.250. The predicted molar refractivity (Wildman–Crippen MR) is 128 cm³/mol. The maximum absolute atomic E-state index is 14.5. The monoisotopic (exact) mass is 494 g/mol. The van der Waals surface area contributed by atoms with Gasteiger partial charge in [-0.1, -0.05) is 74.8 Å². The van der Waals surface area contributed by atoms with E-state index in [1.807, 2.05) is 19.9 Å². The molecule has 9 heteroatoms. The third kappa shape index (κ3) is 6.27. The molecule has 0 radical (unpaired) electrons. The summed E-state index contributed by atoms with van der Waals surface area (Å²) in [7, 11) is 0. The van der Waals surface area contributed by atoms with E-state index in [4.69, 9.17) is 27.9 Å². The van der Waals surface area contributed by atoms with Crippen molar-refractivity contribution >= 4 is 35.0 Å². The van der Waals surface area contributed by atoms with Crippen LogP contribution in [-0.2, 0) is 11.2 Å². The third-order valence-corrected chi connectivity index (χ3v) is 5.41. The minimum Gasteiger partial charge on any atom is -0.508 e. The molecule has 1 aromatic heterocycles. The van der Waals surface area contributed by atoms with Gasteiger partial charge in [0.2, 0.25) is 5.95 Å². The van der Waals surface area contributed by atoms with Crippen molar-refractivity contribution in [3.63, 3.8) is 0 Å². The number of aromatic hydroxyl groups is 1. The molecule has 6 nitrogen and oxygen atoms in total. The third-order valence-electron chi connectivity index (χ3n) is 4.73. The second-order valence-electron chi connectivity index (χ2n) is 7.41. The Hall–Kier alpha value is -3.03. The number of phenols is 1. The van der Waals surface area contributed by atoms with Crippen LogP contribution >= 0.6 is 23.2 Å². The molecule has 0 bridgehead atoms. The van der Waals surface area contributed by atoms with E-state index in [0.29, 0.717) is 5.56 Å². The number of anilines is 1. The highest BCUT2D eigenvalue weighted by molar-refractivity contribution is 6.38. The van der Waals surface area contributed by atoms with E-state index in [1.165, 1.54) is 12.1 Å². The molecule has 0 spiro atoms. The summed E-state index contributed by atoms with van der Waals surface area (Å²) in [4.78, 5) is 15.4. The summed E-state index contributed by atoms with van der Waals surface area (Å²) < 4.78 is 20.2. The number of benzene rings is 2. The van der Waals surface area contributed by atoms with Gasteiger partial charge in [0.1, 0.15) is 27.6 Å². The minimum absolute atomic E-state index is 0. The number of pyridine rings is 1. The number of hydrogen-bond acceptors (Lipinski definition) is 5. The number of aliphatic carboxylic acids is 1. The topological polar surface area (TPSA) is 91.7 Å². The molecule has 1 atom stereocenters. The lowest BCUT2D eigenvalue weighted by atomic mass is 10.0. The number of hydrogen-bond donors (Lipinski definition) is 3. The molecule has 0 aliphatic heterocycles. The molecule has 176 valence electrons. The first-order valence-electron chi connectivity index (χ1n) is 9.75. The van der Waals surface area contributed by atoms with Crippen molar-refractivity contribution in [2.45, 2.75) is 39.7 Å². The maximum Gasteiger partial charge on any atom is 0.326 e. The summed E-state index contributed by atoms with van der Waals surface area (Å²) >= 11 is 12.4. The first-order valence-corrected chi connectivity index (χ1v) is 10.5. The van der Waals surface area contributed by atoms with Crippen molar-refractivity contribution in [1.82, 2.24) is 4.98 Å². The van der Waals surface area contributed by atoms with Crippen LogP contribution in [0.4, 0.5) is 10.2 Å². The normalized spacial score (nSPS) is 11.6. The second kappa shape index (κ2) is 11.2. The average Bonchev–Trinajstić information content (AvgIpc) is 2.76. The average molecular weight is 495 g/mol. The van der Waals surface area contributed by atoms with Crippen molar-refractivity contribution in [3.05, 3.63) is 75.7 Å². The van der Waals surface area contributed by atoms with Gasteiger partial charge in [0.25, 0.3) is 0 Å². The van der Waals surface area contributed by atoms with Gasteiger partial charge in [-0.15, -0.1) is 0 Å². The first kappa shape index (κ1) is 26.2. The van der Waals surface area contributed by atoms with Crippen LogP contribution in [0, 0.1) is 5.95 Å². The Kier molecular flexibility index (Phi) is 8.91. The number of ether oxygens (including phenoxy) is 1. The van der Waals surface area contributed by atoms with E-state index in [0.717, 1.165) is 5.56 Å². The predicted octanol–water partition coefficient (Wildman–Crippen LogP) is 6.89. The van der Waals surface area contributed by atoms with Gasteiger partial charge in [0, 0.05) is 12.0 Å². The number of nitrogens with zero attached hydrogens (tertiary/aromatic N) is 1. The van der Waals surface area contributed by atoms with E-state index in [-0.39, 0.29) is 47.9 Å². The molecule has 1 heterocycles. The number of carboxylic acid groups (broad SMARTS) is 1. The Morgan fingerprint density at radius 3 is 2.42 bits per heavy atom. The molecule has 0 aliphatic carbocycles. The molecule has 3 N–H and O–H groups in total. The van der Waals surface area contributed by atoms with Crippen LogP contribution < -0.4 is 10.1 Å². The van der Waals surface area contributed by atoms with Crippen molar-refractivity contribution in [1.29, 1.82) is 0 Å². The molecule has 3 rings (SSSR count). The Labute approximate surface area is 202 Å². The van der Waals surface area contributed by atoms with Gasteiger partial charge in [-0.05, 0) is 29.7 Å². The summed E-state index contributed by atoms with van der Waals surface area (Å²) in [6.45, 7) is 3.79. The van der Waals surface area contributed by atoms with Crippen LogP contribution in [0.25, 0.3) is 0 Å². The highest BCUT2D eigenvalue weighted by atomic mass is 35.5. The summed E-state index contributed by atoms with van der Waals surface area (Å²) in [5.74, 6) is -2.29. The van der Waals surface area contributed by atoms with Gasteiger partial charge >= 0.3 is 5.97 Å². The van der Waals surface area contributed by atoms with Crippen LogP contribution in [-0.4, -0.2) is 27.2 Å². The van der Waals surface area contributed by atoms with E-state index in [9.17, 15) is 19.4 Å². The van der Waals surface area contributed by atoms with Gasteiger partial charge in [-0.2, -0.15) is 9.37 Å². The number of phenolic OH excluding ortho intramolecular Hbond substituents is 1. The molecule has 0 aliphatic rings. The van der Waals surface area contributed by atoms with Crippen LogP contribution in [0.1, 0.15) is 38.3 Å². The maximum atomic E-state index is 14.5. The fourth-order valence-corrected chi connectivity index (χ4v) is 3.52. The molecule has 0 unspecified atom stereocenters. The van der Waals surface area contributed by atoms with Crippen molar-refractivity contribution in [2.24, 2.45) is 0 Å². The molecule has 33 heavy (non-hydrogen) atoms. The largest absolute Gasteiger partial charge is 0.508 e. The number of carboxylic acids is 1. The highest BCUT2D eigenvalue weighted by Crippen LogP contribution is 2.42. The number of halogens is 3. The number of nitrogens with one attached hydrogen (secondary N) is 1. The van der Waals surface area contributed by atoms with E-state index in [1.54, 1.807) is 30.3 Å².